The van der Waals surface area contributed by atoms with Crippen LogP contribution in [0.15, 0.2) is 77.6 Å². The van der Waals surface area contributed by atoms with Gasteiger partial charge in [-0.25, -0.2) is 4.39 Å². The van der Waals surface area contributed by atoms with Gasteiger partial charge in [-0.15, -0.1) is 0 Å². The Morgan fingerprint density at radius 3 is 2.19 bits per heavy atom. The fourth-order valence-electron chi connectivity index (χ4n) is 3.39. The highest BCUT2D eigenvalue weighted by atomic mass is 32.2. The zero-order chi connectivity index (χ0) is 23.0. The van der Waals surface area contributed by atoms with Crippen molar-refractivity contribution in [3.63, 3.8) is 0 Å². The summed E-state index contributed by atoms with van der Waals surface area (Å²) in [6.07, 6.45) is 0. The fourth-order valence-corrected chi connectivity index (χ4v) is 4.26. The van der Waals surface area contributed by atoms with Gasteiger partial charge in [0, 0.05) is 32.1 Å². The van der Waals surface area contributed by atoms with Gasteiger partial charge in [0.25, 0.3) is 5.56 Å². The molecule has 1 aromatic heterocycles. The summed E-state index contributed by atoms with van der Waals surface area (Å²) in [5.74, 6) is -0.416. The molecule has 4 rings (SSSR count). The molecule has 0 radical (unpaired) electrons. The highest BCUT2D eigenvalue weighted by Gasteiger charge is 2.22. The van der Waals surface area contributed by atoms with E-state index in [9.17, 15) is 17.6 Å². The van der Waals surface area contributed by atoms with Crippen molar-refractivity contribution in [2.45, 2.75) is 0 Å². The van der Waals surface area contributed by atoms with Gasteiger partial charge in [-0.1, -0.05) is 30.3 Å². The topological polar surface area (TPSA) is 75.5 Å². The first kappa shape index (κ1) is 21.7. The SMILES string of the molecule is CN(C)S(=O)(=O)N(C)c1cccc(-c2nn(-c3ccc(F)cc3)c(=O)c3ccccc23)c1. The zero-order valence-corrected chi connectivity index (χ0v) is 18.5. The maximum Gasteiger partial charge on any atom is 0.303 e. The van der Waals surface area contributed by atoms with Crippen LogP contribution in [-0.4, -0.2) is 43.6 Å². The van der Waals surface area contributed by atoms with E-state index in [1.807, 2.05) is 6.07 Å². The maximum atomic E-state index is 13.4. The molecule has 1 heterocycles. The van der Waals surface area contributed by atoms with Crippen LogP contribution in [0.2, 0.25) is 0 Å². The van der Waals surface area contributed by atoms with Gasteiger partial charge in [0.05, 0.1) is 22.5 Å². The Hall–Kier alpha value is -3.56. The third-order valence-electron chi connectivity index (χ3n) is 5.17. The van der Waals surface area contributed by atoms with E-state index in [1.165, 1.54) is 54.4 Å². The summed E-state index contributed by atoms with van der Waals surface area (Å²) in [6, 6.07) is 19.5. The van der Waals surface area contributed by atoms with Gasteiger partial charge >= 0.3 is 10.2 Å². The number of rotatable bonds is 5. The number of fused-ring (bicyclic) bond motifs is 1. The molecule has 0 amide bonds. The molecule has 0 bridgehead atoms. The van der Waals surface area contributed by atoms with Crippen LogP contribution in [0.5, 0.6) is 0 Å². The molecular weight excluding hydrogens is 431 g/mol. The normalized spacial score (nSPS) is 11.8. The molecule has 0 saturated heterocycles. The van der Waals surface area contributed by atoms with Gasteiger partial charge in [-0.3, -0.25) is 9.10 Å². The third kappa shape index (κ3) is 3.76. The molecule has 164 valence electrons. The van der Waals surface area contributed by atoms with Crippen LogP contribution < -0.4 is 9.86 Å². The minimum Gasteiger partial charge on any atom is -0.267 e. The smallest absolute Gasteiger partial charge is 0.267 e. The van der Waals surface area contributed by atoms with Gasteiger partial charge in [0.2, 0.25) is 0 Å². The van der Waals surface area contributed by atoms with E-state index in [-0.39, 0.29) is 5.56 Å². The van der Waals surface area contributed by atoms with E-state index in [1.54, 1.807) is 42.5 Å². The van der Waals surface area contributed by atoms with Crippen LogP contribution in [0, 0.1) is 5.82 Å². The lowest BCUT2D eigenvalue weighted by molar-refractivity contribution is 0.519. The van der Waals surface area contributed by atoms with Crippen LogP contribution in [-0.2, 0) is 10.2 Å². The van der Waals surface area contributed by atoms with Crippen LogP contribution in [0.25, 0.3) is 27.7 Å². The molecule has 4 aromatic rings. The van der Waals surface area contributed by atoms with E-state index in [4.69, 9.17) is 0 Å². The Morgan fingerprint density at radius 2 is 1.53 bits per heavy atom. The first-order chi connectivity index (χ1) is 15.2. The Kier molecular flexibility index (Phi) is 5.53. The van der Waals surface area contributed by atoms with Crippen molar-refractivity contribution in [2.75, 3.05) is 25.4 Å². The maximum absolute atomic E-state index is 13.4. The summed E-state index contributed by atoms with van der Waals surface area (Å²) in [4.78, 5) is 13.1. The molecule has 32 heavy (non-hydrogen) atoms. The van der Waals surface area contributed by atoms with Crippen molar-refractivity contribution in [1.82, 2.24) is 14.1 Å². The van der Waals surface area contributed by atoms with Crippen LogP contribution in [0.1, 0.15) is 0 Å². The number of nitrogens with zero attached hydrogens (tertiary/aromatic N) is 4. The van der Waals surface area contributed by atoms with Crippen molar-refractivity contribution in [1.29, 1.82) is 0 Å². The Labute approximate surface area is 185 Å². The van der Waals surface area contributed by atoms with E-state index >= 15 is 0 Å². The molecule has 0 fully saturated rings. The van der Waals surface area contributed by atoms with Gasteiger partial charge in [0.1, 0.15) is 5.82 Å². The first-order valence-electron chi connectivity index (χ1n) is 9.75. The standard InChI is InChI=1S/C23H21FN4O3S/c1-26(2)32(30,31)27(3)19-8-6-7-16(15-19)22-20-9-4-5-10-21(20)23(29)28(25-22)18-13-11-17(24)12-14-18/h4-15H,1-3H3. The molecule has 0 aliphatic heterocycles. The van der Waals surface area contributed by atoms with E-state index < -0.39 is 16.0 Å². The van der Waals surface area contributed by atoms with Crippen molar-refractivity contribution in [3.05, 3.63) is 89.0 Å². The molecule has 7 nitrogen and oxygen atoms in total. The lowest BCUT2D eigenvalue weighted by Gasteiger charge is -2.23. The quantitative estimate of drug-likeness (QED) is 0.465. The number of hydrogen-bond acceptors (Lipinski definition) is 4. The average molecular weight is 453 g/mol. The van der Waals surface area contributed by atoms with Crippen LogP contribution in [0.3, 0.4) is 0 Å². The Bertz CT molecular complexity index is 1470. The summed E-state index contributed by atoms with van der Waals surface area (Å²) < 4.78 is 42.1. The van der Waals surface area contributed by atoms with Gasteiger partial charge in [0.15, 0.2) is 0 Å². The summed E-state index contributed by atoms with van der Waals surface area (Å²) in [5.41, 5.74) is 1.67. The third-order valence-corrected chi connectivity index (χ3v) is 6.99. The molecule has 0 saturated carbocycles. The van der Waals surface area contributed by atoms with E-state index in [0.29, 0.717) is 33.4 Å². The summed E-state index contributed by atoms with van der Waals surface area (Å²) in [5, 5.41) is 5.65. The number of benzene rings is 3. The molecular formula is C23H21FN4O3S. The molecule has 3 aromatic carbocycles. The number of aromatic nitrogens is 2. The Morgan fingerprint density at radius 1 is 0.875 bits per heavy atom. The average Bonchev–Trinajstić information content (AvgIpc) is 2.79. The van der Waals surface area contributed by atoms with Crippen molar-refractivity contribution in [2.24, 2.45) is 0 Å². The predicted molar refractivity (Wildman–Crippen MR) is 124 cm³/mol. The highest BCUT2D eigenvalue weighted by molar-refractivity contribution is 7.90. The molecule has 9 heteroatoms. The van der Waals surface area contributed by atoms with Gasteiger partial charge in [-0.05, 0) is 42.5 Å². The van der Waals surface area contributed by atoms with E-state index in [2.05, 4.69) is 5.10 Å². The number of anilines is 1. The van der Waals surface area contributed by atoms with Crippen LogP contribution >= 0.6 is 0 Å². The molecule has 0 N–H and O–H groups in total. The molecule has 0 aliphatic rings. The minimum absolute atomic E-state index is 0.334. The fraction of sp³-hybridized carbons (Fsp3) is 0.130. The van der Waals surface area contributed by atoms with Crippen molar-refractivity contribution >= 4 is 26.7 Å². The first-order valence-corrected chi connectivity index (χ1v) is 11.1. The highest BCUT2D eigenvalue weighted by Crippen LogP contribution is 2.29. The lowest BCUT2D eigenvalue weighted by atomic mass is 10.0. The molecule has 0 atom stereocenters. The second-order valence-electron chi connectivity index (χ2n) is 7.40. The van der Waals surface area contributed by atoms with Crippen molar-refractivity contribution in [3.8, 4) is 16.9 Å². The predicted octanol–water partition coefficient (Wildman–Crippen LogP) is 3.43. The molecule has 0 spiro atoms. The number of halogens is 1. The monoisotopic (exact) mass is 452 g/mol. The largest absolute Gasteiger partial charge is 0.303 e. The lowest BCUT2D eigenvalue weighted by Crippen LogP contribution is -2.37. The number of hydrogen-bond donors (Lipinski definition) is 0. The molecule has 0 unspecified atom stereocenters. The van der Waals surface area contributed by atoms with Gasteiger partial charge < -0.3 is 0 Å². The zero-order valence-electron chi connectivity index (χ0n) is 17.7. The Balaban J connectivity index is 1.95. The van der Waals surface area contributed by atoms with Crippen molar-refractivity contribution < 1.29 is 12.8 Å². The second-order valence-corrected chi connectivity index (χ2v) is 9.57. The van der Waals surface area contributed by atoms with Gasteiger partial charge in [-0.2, -0.15) is 22.5 Å². The van der Waals surface area contributed by atoms with Crippen LogP contribution in [0.4, 0.5) is 10.1 Å². The summed E-state index contributed by atoms with van der Waals surface area (Å²) in [6.45, 7) is 0. The second kappa shape index (κ2) is 8.18. The summed E-state index contributed by atoms with van der Waals surface area (Å²) in [7, 11) is 0.717. The molecule has 0 aliphatic carbocycles. The minimum atomic E-state index is -3.68. The van der Waals surface area contributed by atoms with E-state index in [0.717, 1.165) is 4.31 Å². The summed E-state index contributed by atoms with van der Waals surface area (Å²) >= 11 is 0.